The fourth-order valence-electron chi connectivity index (χ4n) is 4.18. The zero-order valence-corrected chi connectivity index (χ0v) is 20.1. The summed E-state index contributed by atoms with van der Waals surface area (Å²) >= 11 is 0. The average molecular weight is 470 g/mol. The van der Waals surface area contributed by atoms with E-state index in [0.29, 0.717) is 41.2 Å². The maximum atomic E-state index is 14.5. The van der Waals surface area contributed by atoms with E-state index < -0.39 is 18.1 Å². The molecule has 0 saturated heterocycles. The third-order valence-electron chi connectivity index (χ3n) is 5.67. The predicted octanol–water partition coefficient (Wildman–Crippen LogP) is 6.13. The minimum atomic E-state index is -2.68. The third-order valence-corrected chi connectivity index (χ3v) is 5.67. The molecule has 1 aromatic heterocycles. The van der Waals surface area contributed by atoms with Crippen molar-refractivity contribution < 1.29 is 23.0 Å². The number of hydrogen-bond donors (Lipinski definition) is 0. The highest BCUT2D eigenvalue weighted by Crippen LogP contribution is 2.42. The van der Waals surface area contributed by atoms with Crippen LogP contribution in [0.5, 0.6) is 5.75 Å². The van der Waals surface area contributed by atoms with Gasteiger partial charge in [0, 0.05) is 29.9 Å². The molecule has 8 heteroatoms. The maximum absolute atomic E-state index is 14.5. The first-order chi connectivity index (χ1) is 16.0. The molecule has 34 heavy (non-hydrogen) atoms. The highest BCUT2D eigenvalue weighted by atomic mass is 19.3. The zero-order chi connectivity index (χ0) is 24.6. The van der Waals surface area contributed by atoms with Crippen molar-refractivity contribution in [2.24, 2.45) is 7.05 Å². The normalized spacial score (nSPS) is 13.9. The Kier molecular flexibility index (Phi) is 6.34. The smallest absolute Gasteiger partial charge is 0.410 e. The van der Waals surface area contributed by atoms with Gasteiger partial charge in [-0.15, -0.1) is 0 Å². The summed E-state index contributed by atoms with van der Waals surface area (Å²) in [5.74, 6) is 0.634. The number of hydrogen-bond acceptors (Lipinski definition) is 4. The summed E-state index contributed by atoms with van der Waals surface area (Å²) in [4.78, 5) is 14.3. The lowest BCUT2D eigenvalue weighted by atomic mass is 9.89. The van der Waals surface area contributed by atoms with Gasteiger partial charge in [0.15, 0.2) is 0 Å². The number of carbonyl (C=O) groups is 1. The van der Waals surface area contributed by atoms with Crippen LogP contribution in [0.25, 0.3) is 22.3 Å². The van der Waals surface area contributed by atoms with E-state index in [1.54, 1.807) is 47.2 Å². The molecule has 0 unspecified atom stereocenters. The molecule has 0 radical (unpaired) electrons. The lowest BCUT2D eigenvalue weighted by Gasteiger charge is -2.26. The number of aryl methyl sites for hydroxylation is 2. The summed E-state index contributed by atoms with van der Waals surface area (Å²) in [6.45, 7) is 8.23. The van der Waals surface area contributed by atoms with Gasteiger partial charge in [-0.2, -0.15) is 5.10 Å². The number of ether oxygens (including phenoxy) is 2. The minimum Gasteiger partial charge on any atom is -0.491 e. The second-order valence-electron chi connectivity index (χ2n) is 9.49. The molecular weight excluding hydrogens is 440 g/mol. The number of rotatable bonds is 3. The SMILES string of the molecule is Cc1ccc(-c2cnn(C)c2)c(C(F)F)c1-c1ccc2c(c1)CN(C(=O)OC(C)(C)C)CCO2. The van der Waals surface area contributed by atoms with Gasteiger partial charge in [-0.25, -0.2) is 13.6 Å². The second kappa shape index (κ2) is 9.08. The van der Waals surface area contributed by atoms with Gasteiger partial charge >= 0.3 is 6.09 Å². The lowest BCUT2D eigenvalue weighted by Crippen LogP contribution is -2.37. The minimum absolute atomic E-state index is 0.0357. The van der Waals surface area contributed by atoms with E-state index in [-0.39, 0.29) is 12.1 Å². The summed E-state index contributed by atoms with van der Waals surface area (Å²) < 4.78 is 41.9. The van der Waals surface area contributed by atoms with Gasteiger partial charge < -0.3 is 14.4 Å². The first-order valence-electron chi connectivity index (χ1n) is 11.2. The van der Waals surface area contributed by atoms with Crippen LogP contribution >= 0.6 is 0 Å². The predicted molar refractivity (Wildman–Crippen MR) is 126 cm³/mol. The number of alkyl halides is 2. The zero-order valence-electron chi connectivity index (χ0n) is 20.1. The van der Waals surface area contributed by atoms with E-state index in [4.69, 9.17) is 9.47 Å². The molecule has 1 aliphatic rings. The van der Waals surface area contributed by atoms with Crippen LogP contribution in [0.4, 0.5) is 13.6 Å². The van der Waals surface area contributed by atoms with Crippen LogP contribution in [0.2, 0.25) is 0 Å². The van der Waals surface area contributed by atoms with Crippen LogP contribution in [0, 0.1) is 6.92 Å². The van der Waals surface area contributed by atoms with Crippen molar-refractivity contribution in [3.63, 3.8) is 0 Å². The molecule has 4 rings (SSSR count). The molecule has 0 atom stereocenters. The summed E-state index contributed by atoms with van der Waals surface area (Å²) in [5, 5.41) is 4.14. The number of benzene rings is 2. The monoisotopic (exact) mass is 469 g/mol. The first-order valence-corrected chi connectivity index (χ1v) is 11.2. The standard InChI is InChI=1S/C26H29F2N3O3/c1-16-6-8-20(19-13-29-30(5)14-19)23(24(27)28)22(16)17-7-9-21-18(12-17)15-31(10-11-33-21)25(32)34-26(2,3)4/h6-9,12-14,24H,10-11,15H2,1-5H3. The largest absolute Gasteiger partial charge is 0.491 e. The molecule has 3 aromatic rings. The summed E-state index contributed by atoms with van der Waals surface area (Å²) in [6, 6.07) is 8.98. The van der Waals surface area contributed by atoms with Crippen LogP contribution in [0.3, 0.4) is 0 Å². The molecule has 0 fully saturated rings. The van der Waals surface area contributed by atoms with Crippen molar-refractivity contribution >= 4 is 6.09 Å². The van der Waals surface area contributed by atoms with Gasteiger partial charge in [-0.1, -0.05) is 18.2 Å². The van der Waals surface area contributed by atoms with Crippen molar-refractivity contribution in [3.8, 4) is 28.0 Å². The van der Waals surface area contributed by atoms with Gasteiger partial charge in [-0.3, -0.25) is 4.68 Å². The van der Waals surface area contributed by atoms with Crippen LogP contribution in [0.1, 0.15) is 43.9 Å². The van der Waals surface area contributed by atoms with Gasteiger partial charge in [0.25, 0.3) is 6.43 Å². The Labute approximate surface area is 198 Å². The third kappa shape index (κ3) is 4.90. The Morgan fingerprint density at radius 1 is 1.18 bits per heavy atom. The van der Waals surface area contributed by atoms with Gasteiger partial charge in [-0.05, 0) is 62.1 Å². The molecule has 1 amide bonds. The van der Waals surface area contributed by atoms with E-state index in [1.165, 1.54) is 0 Å². The Hall–Kier alpha value is -3.42. The topological polar surface area (TPSA) is 56.6 Å². The van der Waals surface area contributed by atoms with Crippen molar-refractivity contribution in [3.05, 3.63) is 59.4 Å². The van der Waals surface area contributed by atoms with Crippen LogP contribution < -0.4 is 4.74 Å². The number of carbonyl (C=O) groups excluding carboxylic acids is 1. The molecule has 6 nitrogen and oxygen atoms in total. The molecule has 180 valence electrons. The fourth-order valence-corrected chi connectivity index (χ4v) is 4.18. The van der Waals surface area contributed by atoms with E-state index in [0.717, 1.165) is 11.1 Å². The molecule has 0 saturated carbocycles. The van der Waals surface area contributed by atoms with Gasteiger partial charge in [0.2, 0.25) is 0 Å². The molecular formula is C26H29F2N3O3. The van der Waals surface area contributed by atoms with E-state index >= 15 is 0 Å². The summed E-state index contributed by atoms with van der Waals surface area (Å²) in [5.41, 5.74) is 3.03. The van der Waals surface area contributed by atoms with E-state index in [2.05, 4.69) is 5.10 Å². The average Bonchev–Trinajstić information content (AvgIpc) is 3.06. The van der Waals surface area contributed by atoms with Gasteiger partial charge in [0.05, 0.1) is 19.3 Å². The number of nitrogens with zero attached hydrogens (tertiary/aromatic N) is 3. The Morgan fingerprint density at radius 3 is 2.59 bits per heavy atom. The highest BCUT2D eigenvalue weighted by Gasteiger charge is 2.27. The van der Waals surface area contributed by atoms with Crippen LogP contribution in [-0.2, 0) is 18.3 Å². The fraction of sp³-hybridized carbons (Fsp3) is 0.385. The molecule has 2 aromatic carbocycles. The molecule has 0 N–H and O–H groups in total. The molecule has 0 spiro atoms. The summed E-state index contributed by atoms with van der Waals surface area (Å²) in [7, 11) is 1.75. The highest BCUT2D eigenvalue weighted by molar-refractivity contribution is 5.81. The molecule has 1 aliphatic heterocycles. The lowest BCUT2D eigenvalue weighted by molar-refractivity contribution is 0.0225. The van der Waals surface area contributed by atoms with Crippen LogP contribution in [-0.4, -0.2) is 39.5 Å². The maximum Gasteiger partial charge on any atom is 0.410 e. The molecule has 2 heterocycles. The second-order valence-corrected chi connectivity index (χ2v) is 9.49. The van der Waals surface area contributed by atoms with Crippen molar-refractivity contribution in [1.82, 2.24) is 14.7 Å². The van der Waals surface area contributed by atoms with Gasteiger partial charge in [0.1, 0.15) is 18.0 Å². The quantitative estimate of drug-likeness (QED) is 0.463. The van der Waals surface area contributed by atoms with Crippen molar-refractivity contribution in [2.45, 2.75) is 46.3 Å². The van der Waals surface area contributed by atoms with Crippen molar-refractivity contribution in [2.75, 3.05) is 13.2 Å². The number of halogens is 2. The first kappa shape index (κ1) is 23.7. The van der Waals surface area contributed by atoms with Crippen molar-refractivity contribution in [1.29, 1.82) is 0 Å². The number of amides is 1. The molecule has 0 bridgehead atoms. The van der Waals surface area contributed by atoms with E-state index in [9.17, 15) is 13.6 Å². The number of fused-ring (bicyclic) bond motifs is 1. The Morgan fingerprint density at radius 2 is 1.94 bits per heavy atom. The Bertz CT molecular complexity index is 1210. The summed E-state index contributed by atoms with van der Waals surface area (Å²) in [6.07, 6.45) is 0.198. The number of aromatic nitrogens is 2. The van der Waals surface area contributed by atoms with E-state index in [1.807, 2.05) is 39.8 Å². The van der Waals surface area contributed by atoms with Crippen LogP contribution in [0.15, 0.2) is 42.7 Å². The molecule has 0 aliphatic carbocycles. The Balaban J connectivity index is 1.78.